The highest BCUT2D eigenvalue weighted by Crippen LogP contribution is 2.50. The molecule has 2 fully saturated rings. The Labute approximate surface area is 149 Å². The number of ether oxygens (including phenoxy) is 1. The topological polar surface area (TPSA) is 46.6 Å². The van der Waals surface area contributed by atoms with Gasteiger partial charge >= 0.3 is 0 Å². The van der Waals surface area contributed by atoms with E-state index >= 15 is 0 Å². The lowest BCUT2D eigenvalue weighted by Crippen LogP contribution is -2.57. The van der Waals surface area contributed by atoms with Crippen LogP contribution < -0.4 is 4.74 Å². The van der Waals surface area contributed by atoms with E-state index in [0.717, 1.165) is 42.6 Å². The molecule has 0 spiro atoms. The summed E-state index contributed by atoms with van der Waals surface area (Å²) in [5.41, 5.74) is 1.82. The molecule has 1 aliphatic carbocycles. The summed E-state index contributed by atoms with van der Waals surface area (Å²) >= 11 is 0. The van der Waals surface area contributed by atoms with Crippen LogP contribution in [0.1, 0.15) is 51.5 Å². The Morgan fingerprint density at radius 2 is 2.12 bits per heavy atom. The second kappa shape index (κ2) is 7.03. The fourth-order valence-electron chi connectivity index (χ4n) is 4.33. The summed E-state index contributed by atoms with van der Waals surface area (Å²) in [4.78, 5) is 27.5. The summed E-state index contributed by atoms with van der Waals surface area (Å²) in [6.45, 7) is 4.37. The second-order valence-electron chi connectivity index (χ2n) is 7.49. The minimum atomic E-state index is -0.373. The molecule has 1 aliphatic heterocycles. The van der Waals surface area contributed by atoms with Gasteiger partial charge < -0.3 is 4.74 Å². The molecule has 1 aromatic carbocycles. The molecule has 0 aromatic heterocycles. The smallest absolute Gasteiger partial charge is 0.233 e. The molecular formula is C21H27NO3. The molecule has 0 N–H and O–H groups in total. The van der Waals surface area contributed by atoms with Crippen molar-refractivity contribution in [2.24, 2.45) is 5.92 Å². The van der Waals surface area contributed by atoms with Gasteiger partial charge in [-0.05, 0) is 44.4 Å². The first kappa shape index (κ1) is 17.7. The van der Waals surface area contributed by atoms with Crippen LogP contribution in [0.5, 0.6) is 5.75 Å². The number of carbonyl (C=O) groups excluding carboxylic acids is 2. The Bertz CT molecular complexity index is 705. The number of likely N-dealkylation sites (tertiary alicyclic amines) is 1. The largest absolute Gasteiger partial charge is 0.497 e. The molecule has 1 saturated heterocycles. The highest BCUT2D eigenvalue weighted by atomic mass is 16.5. The third-order valence-corrected chi connectivity index (χ3v) is 5.69. The number of rotatable bonds is 4. The second-order valence-corrected chi connectivity index (χ2v) is 7.49. The minimum Gasteiger partial charge on any atom is -0.497 e. The molecule has 25 heavy (non-hydrogen) atoms. The minimum absolute atomic E-state index is 0.00345. The summed E-state index contributed by atoms with van der Waals surface area (Å²) in [6, 6.07) is 7.92. The molecule has 134 valence electrons. The summed E-state index contributed by atoms with van der Waals surface area (Å²) in [6.07, 6.45) is 6.22. The van der Waals surface area contributed by atoms with Gasteiger partial charge in [0.05, 0.1) is 7.11 Å². The zero-order valence-corrected chi connectivity index (χ0v) is 15.4. The molecule has 0 unspecified atom stereocenters. The molecule has 4 nitrogen and oxygen atoms in total. The fourth-order valence-corrected chi connectivity index (χ4v) is 4.33. The van der Waals surface area contributed by atoms with E-state index in [1.165, 1.54) is 4.90 Å². The van der Waals surface area contributed by atoms with Crippen LogP contribution in [0.4, 0.5) is 0 Å². The number of methoxy groups -OCH3 is 1. The van der Waals surface area contributed by atoms with Gasteiger partial charge in [0.1, 0.15) is 5.75 Å². The van der Waals surface area contributed by atoms with E-state index in [0.29, 0.717) is 13.0 Å². The van der Waals surface area contributed by atoms with E-state index in [9.17, 15) is 9.59 Å². The molecule has 0 bridgehead atoms. The highest BCUT2D eigenvalue weighted by Gasteiger charge is 2.53. The van der Waals surface area contributed by atoms with Gasteiger partial charge in [0.25, 0.3) is 0 Å². The lowest BCUT2D eigenvalue weighted by Gasteiger charge is -2.49. The molecule has 1 heterocycles. The van der Waals surface area contributed by atoms with Crippen LogP contribution in [0.3, 0.4) is 0 Å². The fraction of sp³-hybridized carbons (Fsp3) is 0.524. The lowest BCUT2D eigenvalue weighted by atomic mass is 9.58. The van der Waals surface area contributed by atoms with Gasteiger partial charge in [-0.3, -0.25) is 14.5 Å². The van der Waals surface area contributed by atoms with Gasteiger partial charge in [-0.1, -0.05) is 36.6 Å². The Balaban J connectivity index is 1.99. The Morgan fingerprint density at radius 3 is 2.84 bits per heavy atom. The van der Waals surface area contributed by atoms with E-state index in [-0.39, 0.29) is 23.1 Å². The van der Waals surface area contributed by atoms with Crippen molar-refractivity contribution in [2.75, 3.05) is 13.7 Å². The number of benzene rings is 1. The summed E-state index contributed by atoms with van der Waals surface area (Å²) < 4.78 is 5.37. The van der Waals surface area contributed by atoms with E-state index in [2.05, 4.69) is 0 Å². The van der Waals surface area contributed by atoms with Crippen LogP contribution in [-0.2, 0) is 15.0 Å². The van der Waals surface area contributed by atoms with Crippen LogP contribution in [0, 0.1) is 5.92 Å². The van der Waals surface area contributed by atoms with Crippen molar-refractivity contribution in [1.29, 1.82) is 0 Å². The van der Waals surface area contributed by atoms with Crippen LogP contribution in [-0.4, -0.2) is 30.4 Å². The van der Waals surface area contributed by atoms with Crippen LogP contribution in [0.2, 0.25) is 0 Å². The Kier molecular flexibility index (Phi) is 4.98. The number of piperidine rings is 1. The van der Waals surface area contributed by atoms with Crippen LogP contribution in [0.15, 0.2) is 35.9 Å². The number of amides is 2. The van der Waals surface area contributed by atoms with Gasteiger partial charge in [0.15, 0.2) is 0 Å². The average Bonchev–Trinajstić information content (AvgIpc) is 2.61. The van der Waals surface area contributed by atoms with Crippen molar-refractivity contribution in [3.63, 3.8) is 0 Å². The molecule has 0 radical (unpaired) electrons. The average molecular weight is 341 g/mol. The van der Waals surface area contributed by atoms with E-state index in [4.69, 9.17) is 4.74 Å². The van der Waals surface area contributed by atoms with Gasteiger partial charge in [-0.15, -0.1) is 0 Å². The third-order valence-electron chi connectivity index (χ3n) is 5.69. The van der Waals surface area contributed by atoms with Crippen molar-refractivity contribution in [1.82, 2.24) is 4.90 Å². The number of fused-ring (bicyclic) bond motifs is 1. The summed E-state index contributed by atoms with van der Waals surface area (Å²) in [5, 5.41) is 0. The third kappa shape index (κ3) is 3.22. The Hall–Kier alpha value is -2.10. The number of hydrogen-bond acceptors (Lipinski definition) is 3. The first-order valence-corrected chi connectivity index (χ1v) is 9.10. The summed E-state index contributed by atoms with van der Waals surface area (Å²) in [5.74, 6) is 0.611. The molecular weight excluding hydrogens is 314 g/mol. The monoisotopic (exact) mass is 341 g/mol. The van der Waals surface area contributed by atoms with Gasteiger partial charge in [-0.25, -0.2) is 0 Å². The van der Waals surface area contributed by atoms with Crippen molar-refractivity contribution < 1.29 is 14.3 Å². The number of allylic oxidation sites excluding steroid dienone is 1. The molecule has 4 heteroatoms. The van der Waals surface area contributed by atoms with E-state index < -0.39 is 0 Å². The van der Waals surface area contributed by atoms with Crippen LogP contribution >= 0.6 is 0 Å². The van der Waals surface area contributed by atoms with Gasteiger partial charge in [0, 0.05) is 24.3 Å². The van der Waals surface area contributed by atoms with Crippen molar-refractivity contribution in [3.05, 3.63) is 41.5 Å². The number of carbonyl (C=O) groups is 2. The van der Waals surface area contributed by atoms with E-state index in [1.54, 1.807) is 7.11 Å². The highest BCUT2D eigenvalue weighted by molar-refractivity contribution is 6.01. The van der Waals surface area contributed by atoms with Crippen molar-refractivity contribution in [3.8, 4) is 5.75 Å². The predicted octanol–water partition coefficient (Wildman–Crippen LogP) is 3.85. The van der Waals surface area contributed by atoms with Gasteiger partial charge in [0.2, 0.25) is 11.8 Å². The maximum Gasteiger partial charge on any atom is 0.233 e. The first-order chi connectivity index (χ1) is 12.0. The van der Waals surface area contributed by atoms with Crippen LogP contribution in [0.25, 0.3) is 0 Å². The number of nitrogens with zero attached hydrogens (tertiary/aromatic N) is 1. The molecule has 1 aromatic rings. The zero-order valence-electron chi connectivity index (χ0n) is 15.4. The Morgan fingerprint density at radius 1 is 1.32 bits per heavy atom. The maximum absolute atomic E-state index is 13.2. The van der Waals surface area contributed by atoms with Gasteiger partial charge in [-0.2, -0.15) is 0 Å². The predicted molar refractivity (Wildman–Crippen MR) is 97.4 cm³/mol. The maximum atomic E-state index is 13.2. The first-order valence-electron chi connectivity index (χ1n) is 9.10. The summed E-state index contributed by atoms with van der Waals surface area (Å²) in [7, 11) is 1.65. The SMILES string of the molecule is COc1cccc([C@@]23CCCC[C@@H]2C(=O)N(CC=C(C)C)C(=O)C3)c1. The molecule has 3 rings (SSSR count). The molecule has 1 saturated carbocycles. The quantitative estimate of drug-likeness (QED) is 0.617. The van der Waals surface area contributed by atoms with Crippen molar-refractivity contribution in [2.45, 2.75) is 51.4 Å². The zero-order chi connectivity index (χ0) is 18.0. The standard InChI is InChI=1S/C21H27NO3/c1-15(2)10-12-22-19(23)14-21(11-5-4-9-18(21)20(22)24)16-7-6-8-17(13-16)25-3/h6-8,10,13,18H,4-5,9,11-12,14H2,1-3H3/t18-,21+/m1/s1. The molecule has 2 aliphatic rings. The normalized spacial score (nSPS) is 26.2. The molecule has 2 amide bonds. The lowest BCUT2D eigenvalue weighted by molar-refractivity contribution is -0.157. The number of hydrogen-bond donors (Lipinski definition) is 0. The molecule has 2 atom stereocenters. The number of imide groups is 1. The van der Waals surface area contributed by atoms with E-state index in [1.807, 2.05) is 44.2 Å². The van der Waals surface area contributed by atoms with Crippen molar-refractivity contribution >= 4 is 11.8 Å².